The van der Waals surface area contributed by atoms with E-state index in [0.717, 1.165) is 30.5 Å². The van der Waals surface area contributed by atoms with E-state index in [1.807, 2.05) is 17.1 Å². The zero-order valence-corrected chi connectivity index (χ0v) is 13.5. The van der Waals surface area contributed by atoms with Gasteiger partial charge in [0.1, 0.15) is 0 Å². The fourth-order valence-corrected chi connectivity index (χ4v) is 3.25. The molecule has 1 fully saturated rings. The maximum absolute atomic E-state index is 12.6. The zero-order chi connectivity index (χ0) is 16.0. The predicted octanol–water partition coefficient (Wildman–Crippen LogP) is 2.86. The van der Waals surface area contributed by atoms with Gasteiger partial charge in [-0.25, -0.2) is 4.98 Å². The first-order valence-corrected chi connectivity index (χ1v) is 8.55. The molecule has 0 bridgehead atoms. The van der Waals surface area contributed by atoms with Crippen LogP contribution in [0.15, 0.2) is 17.2 Å². The van der Waals surface area contributed by atoms with Gasteiger partial charge in [-0.15, -0.1) is 0 Å². The van der Waals surface area contributed by atoms with Gasteiger partial charge >= 0.3 is 0 Å². The minimum Gasteiger partial charge on any atom is -0.397 e. The summed E-state index contributed by atoms with van der Waals surface area (Å²) in [5.41, 5.74) is 8.40. The van der Waals surface area contributed by atoms with Crippen LogP contribution in [0.2, 0.25) is 0 Å². The number of aryl methyl sites for hydroxylation is 1. The zero-order valence-electron chi connectivity index (χ0n) is 13.5. The van der Waals surface area contributed by atoms with Crippen LogP contribution in [0.4, 0.5) is 5.69 Å². The molecule has 1 saturated carbocycles. The van der Waals surface area contributed by atoms with E-state index in [0.29, 0.717) is 22.5 Å². The van der Waals surface area contributed by atoms with Crippen molar-refractivity contribution in [3.8, 4) is 0 Å². The van der Waals surface area contributed by atoms with E-state index < -0.39 is 0 Å². The van der Waals surface area contributed by atoms with E-state index in [2.05, 4.69) is 12.0 Å². The van der Waals surface area contributed by atoms with Crippen molar-refractivity contribution >= 4 is 27.6 Å². The number of H-pyrrole nitrogens is 1. The third kappa shape index (κ3) is 2.42. The van der Waals surface area contributed by atoms with Crippen molar-refractivity contribution < 1.29 is 0 Å². The summed E-state index contributed by atoms with van der Waals surface area (Å²) in [5, 5.41) is 4.63. The largest absolute Gasteiger partial charge is 0.397 e. The number of aromatic amines is 1. The molecule has 3 aromatic rings. The van der Waals surface area contributed by atoms with Crippen molar-refractivity contribution in [2.45, 2.75) is 52.1 Å². The summed E-state index contributed by atoms with van der Waals surface area (Å²) in [6.45, 7) is 3.87. The van der Waals surface area contributed by atoms with Gasteiger partial charge in [-0.05, 0) is 25.2 Å². The van der Waals surface area contributed by atoms with E-state index >= 15 is 0 Å². The van der Waals surface area contributed by atoms with Crippen molar-refractivity contribution in [3.05, 3.63) is 22.7 Å². The van der Waals surface area contributed by atoms with Gasteiger partial charge in [-0.2, -0.15) is 0 Å². The van der Waals surface area contributed by atoms with E-state index in [1.165, 1.54) is 25.7 Å². The van der Waals surface area contributed by atoms with Gasteiger partial charge in [0.05, 0.1) is 22.0 Å². The Kier molecular flexibility index (Phi) is 3.39. The Bertz CT molecular complexity index is 912. The van der Waals surface area contributed by atoms with Crippen molar-refractivity contribution in [3.63, 3.8) is 0 Å². The molecule has 3 N–H and O–H groups in total. The molecule has 6 nitrogen and oxygen atoms in total. The normalized spacial score (nSPS) is 15.0. The maximum atomic E-state index is 12.6. The SMILES string of the molecule is CCCCCn1[nH]cc2c(N)c3c(=O)n(CC4CC4)cc3nc21. The van der Waals surface area contributed by atoms with E-state index in [-0.39, 0.29) is 5.56 Å². The average molecular weight is 313 g/mol. The van der Waals surface area contributed by atoms with E-state index in [1.54, 1.807) is 4.57 Å². The van der Waals surface area contributed by atoms with E-state index in [4.69, 9.17) is 10.7 Å². The first-order valence-electron chi connectivity index (χ1n) is 8.55. The van der Waals surface area contributed by atoms with E-state index in [9.17, 15) is 4.79 Å². The Labute approximate surface area is 134 Å². The fourth-order valence-electron chi connectivity index (χ4n) is 3.25. The summed E-state index contributed by atoms with van der Waals surface area (Å²) >= 11 is 0. The molecule has 0 unspecified atom stereocenters. The number of hydrogen-bond acceptors (Lipinski definition) is 3. The Morgan fingerprint density at radius 1 is 1.39 bits per heavy atom. The van der Waals surface area contributed by atoms with Crippen molar-refractivity contribution in [1.82, 2.24) is 19.3 Å². The number of aromatic nitrogens is 4. The number of nitrogens with one attached hydrogen (secondary N) is 1. The molecule has 1 aliphatic rings. The summed E-state index contributed by atoms with van der Waals surface area (Å²) in [4.78, 5) is 17.3. The lowest BCUT2D eigenvalue weighted by Crippen LogP contribution is -2.16. The van der Waals surface area contributed by atoms with Crippen LogP contribution in [-0.4, -0.2) is 19.3 Å². The molecule has 0 saturated heterocycles. The van der Waals surface area contributed by atoms with Crippen molar-refractivity contribution in [1.29, 1.82) is 0 Å². The van der Waals surface area contributed by atoms with Crippen LogP contribution in [0.3, 0.4) is 0 Å². The van der Waals surface area contributed by atoms with Crippen LogP contribution in [0.25, 0.3) is 21.9 Å². The second-order valence-electron chi connectivity index (χ2n) is 6.69. The van der Waals surface area contributed by atoms with Gasteiger partial charge in [-0.3, -0.25) is 9.48 Å². The minimum atomic E-state index is -0.00228. The molecule has 0 radical (unpaired) electrons. The molecular formula is C17H23N5O. The minimum absolute atomic E-state index is 0.00228. The topological polar surface area (TPSA) is 81.6 Å². The predicted molar refractivity (Wildman–Crippen MR) is 92.5 cm³/mol. The molecular weight excluding hydrogens is 290 g/mol. The highest BCUT2D eigenvalue weighted by Crippen LogP contribution is 2.31. The molecule has 122 valence electrons. The molecule has 23 heavy (non-hydrogen) atoms. The lowest BCUT2D eigenvalue weighted by Gasteiger charge is -2.04. The van der Waals surface area contributed by atoms with Crippen LogP contribution >= 0.6 is 0 Å². The Morgan fingerprint density at radius 2 is 2.22 bits per heavy atom. The van der Waals surface area contributed by atoms with Crippen LogP contribution in [-0.2, 0) is 13.1 Å². The Morgan fingerprint density at radius 3 is 2.96 bits per heavy atom. The highest BCUT2D eigenvalue weighted by molar-refractivity contribution is 6.05. The maximum Gasteiger partial charge on any atom is 0.262 e. The number of pyridine rings is 1. The second-order valence-corrected chi connectivity index (χ2v) is 6.69. The second kappa shape index (κ2) is 5.44. The molecule has 1 aliphatic carbocycles. The van der Waals surface area contributed by atoms with Crippen molar-refractivity contribution in [2.24, 2.45) is 5.92 Å². The third-order valence-corrected chi connectivity index (χ3v) is 4.79. The summed E-state index contributed by atoms with van der Waals surface area (Å²) in [7, 11) is 0. The highest BCUT2D eigenvalue weighted by Gasteiger charge is 2.24. The molecule has 0 spiro atoms. The lowest BCUT2D eigenvalue weighted by atomic mass is 10.2. The number of rotatable bonds is 6. The first kappa shape index (κ1) is 14.4. The molecule has 0 aromatic carbocycles. The number of nitrogens with two attached hydrogens (primary N) is 1. The van der Waals surface area contributed by atoms with Gasteiger partial charge in [-0.1, -0.05) is 19.8 Å². The quantitative estimate of drug-likeness (QED) is 0.687. The number of unbranched alkanes of at least 4 members (excludes halogenated alkanes) is 2. The number of anilines is 1. The Balaban J connectivity index is 1.81. The van der Waals surface area contributed by atoms with Crippen LogP contribution in [0.5, 0.6) is 0 Å². The van der Waals surface area contributed by atoms with Crippen molar-refractivity contribution in [2.75, 3.05) is 5.73 Å². The number of nitrogen functional groups attached to an aromatic ring is 1. The fraction of sp³-hybridized carbons (Fsp3) is 0.529. The van der Waals surface area contributed by atoms with Gasteiger partial charge in [0.15, 0.2) is 5.65 Å². The molecule has 0 aliphatic heterocycles. The third-order valence-electron chi connectivity index (χ3n) is 4.79. The average Bonchev–Trinajstić information content (AvgIpc) is 3.17. The number of nitrogens with zero attached hydrogens (tertiary/aromatic N) is 3. The number of fused-ring (bicyclic) bond motifs is 2. The van der Waals surface area contributed by atoms with Gasteiger partial charge in [0, 0.05) is 25.5 Å². The van der Waals surface area contributed by atoms with Gasteiger partial charge in [0.25, 0.3) is 5.56 Å². The lowest BCUT2D eigenvalue weighted by molar-refractivity contribution is 0.564. The molecule has 3 aromatic heterocycles. The Hall–Kier alpha value is -2.24. The summed E-state index contributed by atoms with van der Waals surface area (Å²) in [6, 6.07) is 0. The monoisotopic (exact) mass is 313 g/mol. The summed E-state index contributed by atoms with van der Waals surface area (Å²) in [5.74, 6) is 0.649. The van der Waals surface area contributed by atoms with Gasteiger partial charge in [0.2, 0.25) is 0 Å². The van der Waals surface area contributed by atoms with Crippen LogP contribution in [0, 0.1) is 5.92 Å². The molecule has 4 rings (SSSR count). The number of hydrogen-bond donors (Lipinski definition) is 2. The summed E-state index contributed by atoms with van der Waals surface area (Å²) < 4.78 is 3.82. The molecule has 0 atom stereocenters. The highest BCUT2D eigenvalue weighted by atomic mass is 16.1. The van der Waals surface area contributed by atoms with Crippen LogP contribution < -0.4 is 11.3 Å². The molecule has 0 amide bonds. The first-order chi connectivity index (χ1) is 11.2. The smallest absolute Gasteiger partial charge is 0.262 e. The summed E-state index contributed by atoms with van der Waals surface area (Å²) in [6.07, 6.45) is 9.64. The standard InChI is InChI=1S/C17H23N5O/c1-2-3-4-7-22-16-12(8-19-22)15(18)14-13(20-16)10-21(17(14)23)9-11-5-6-11/h8,10-11,19H,2-7,9,18H2,1H3. The molecule has 6 heteroatoms. The van der Waals surface area contributed by atoms with Gasteiger partial charge < -0.3 is 15.4 Å². The van der Waals surface area contributed by atoms with Crippen LogP contribution in [0.1, 0.15) is 39.0 Å². The molecule has 3 heterocycles.